The number of nitrogens with zero attached hydrogens (tertiary/aromatic N) is 1. The fourth-order valence-corrected chi connectivity index (χ4v) is 1.93. The maximum atomic E-state index is 13.8. The van der Waals surface area contributed by atoms with Crippen molar-refractivity contribution >= 4 is 17.6 Å². The average Bonchev–Trinajstić information content (AvgIpc) is 2.59. The van der Waals surface area contributed by atoms with Gasteiger partial charge in [-0.3, -0.25) is 4.79 Å². The number of hydrogen-bond donors (Lipinski definition) is 1. The molecule has 0 bridgehead atoms. The van der Waals surface area contributed by atoms with E-state index >= 15 is 0 Å². The van der Waals surface area contributed by atoms with Crippen molar-refractivity contribution in [1.82, 2.24) is 0 Å². The van der Waals surface area contributed by atoms with Gasteiger partial charge in [0.25, 0.3) is 5.91 Å². The zero-order valence-electron chi connectivity index (χ0n) is 13.0. The fourth-order valence-electron chi connectivity index (χ4n) is 1.93. The van der Waals surface area contributed by atoms with Gasteiger partial charge in [0.15, 0.2) is 0 Å². The van der Waals surface area contributed by atoms with Gasteiger partial charge in [0.1, 0.15) is 5.82 Å². The highest BCUT2D eigenvalue weighted by Crippen LogP contribution is 2.15. The minimum absolute atomic E-state index is 0.138. The van der Waals surface area contributed by atoms with Gasteiger partial charge in [0.2, 0.25) is 0 Å². The lowest BCUT2D eigenvalue weighted by Crippen LogP contribution is -2.14. The van der Waals surface area contributed by atoms with Crippen molar-refractivity contribution in [2.75, 3.05) is 11.9 Å². The molecule has 0 heterocycles. The molecule has 0 aromatic heterocycles. The standard InChI is InChI=1S/C18H15FN2O3/c1-2-9-24-18(23)13-4-6-14(7-5-13)21-17(22)15-8-3-12(11-20)10-16(15)19/h3-8,10H,2,9H2,1H3,(H,21,22). The van der Waals surface area contributed by atoms with Crippen LogP contribution in [0.1, 0.15) is 39.6 Å². The molecular formula is C18H15FN2O3. The fraction of sp³-hybridized carbons (Fsp3) is 0.167. The molecular weight excluding hydrogens is 311 g/mol. The van der Waals surface area contributed by atoms with Crippen molar-refractivity contribution in [2.24, 2.45) is 0 Å². The first kappa shape index (κ1) is 17.2. The summed E-state index contributed by atoms with van der Waals surface area (Å²) in [7, 11) is 0. The molecule has 0 atom stereocenters. The van der Waals surface area contributed by atoms with Gasteiger partial charge in [-0.1, -0.05) is 6.92 Å². The molecule has 1 amide bonds. The molecule has 2 aromatic carbocycles. The van der Waals surface area contributed by atoms with E-state index in [2.05, 4.69) is 5.32 Å². The highest BCUT2D eigenvalue weighted by atomic mass is 19.1. The van der Waals surface area contributed by atoms with Gasteiger partial charge >= 0.3 is 5.97 Å². The van der Waals surface area contributed by atoms with Gasteiger partial charge in [-0.25, -0.2) is 9.18 Å². The van der Waals surface area contributed by atoms with Crippen molar-refractivity contribution in [2.45, 2.75) is 13.3 Å². The molecule has 0 radical (unpaired) electrons. The largest absolute Gasteiger partial charge is 0.462 e. The number of carbonyl (C=O) groups excluding carboxylic acids is 2. The first-order chi connectivity index (χ1) is 11.5. The van der Waals surface area contributed by atoms with E-state index in [1.54, 1.807) is 6.07 Å². The lowest BCUT2D eigenvalue weighted by molar-refractivity contribution is 0.0505. The molecule has 1 N–H and O–H groups in total. The number of halogens is 1. The van der Waals surface area contributed by atoms with Gasteiger partial charge in [-0.05, 0) is 48.9 Å². The SMILES string of the molecule is CCCOC(=O)c1ccc(NC(=O)c2ccc(C#N)cc2F)cc1. The predicted octanol–water partition coefficient (Wildman–Crippen LogP) is 3.52. The highest BCUT2D eigenvalue weighted by Gasteiger charge is 2.13. The van der Waals surface area contributed by atoms with E-state index in [4.69, 9.17) is 10.00 Å². The molecule has 2 rings (SSSR count). The number of anilines is 1. The lowest BCUT2D eigenvalue weighted by Gasteiger charge is -2.07. The highest BCUT2D eigenvalue weighted by molar-refractivity contribution is 6.04. The van der Waals surface area contributed by atoms with Crippen LogP contribution in [0.3, 0.4) is 0 Å². The van der Waals surface area contributed by atoms with Crippen LogP contribution in [0.4, 0.5) is 10.1 Å². The molecule has 0 unspecified atom stereocenters. The summed E-state index contributed by atoms with van der Waals surface area (Å²) in [5, 5.41) is 11.2. The molecule has 0 saturated carbocycles. The zero-order chi connectivity index (χ0) is 17.5. The van der Waals surface area contributed by atoms with Crippen LogP contribution < -0.4 is 5.32 Å². The number of hydrogen-bond acceptors (Lipinski definition) is 4. The Morgan fingerprint density at radius 3 is 2.50 bits per heavy atom. The summed E-state index contributed by atoms with van der Waals surface area (Å²) < 4.78 is 18.8. The molecule has 0 fully saturated rings. The zero-order valence-corrected chi connectivity index (χ0v) is 13.0. The summed E-state index contributed by atoms with van der Waals surface area (Å²) in [4.78, 5) is 23.7. The van der Waals surface area contributed by atoms with E-state index in [9.17, 15) is 14.0 Å². The van der Waals surface area contributed by atoms with Crippen molar-refractivity contribution in [1.29, 1.82) is 5.26 Å². The number of benzene rings is 2. The molecule has 24 heavy (non-hydrogen) atoms. The number of nitrogens with one attached hydrogen (secondary N) is 1. The molecule has 5 nitrogen and oxygen atoms in total. The van der Waals surface area contributed by atoms with Gasteiger partial charge in [0, 0.05) is 5.69 Å². The third kappa shape index (κ3) is 4.17. The molecule has 0 aliphatic heterocycles. The second kappa shape index (κ2) is 7.88. The number of amides is 1. The van der Waals surface area contributed by atoms with E-state index in [1.807, 2.05) is 6.92 Å². The molecule has 0 aliphatic carbocycles. The number of esters is 1. The Morgan fingerprint density at radius 1 is 1.21 bits per heavy atom. The van der Waals surface area contributed by atoms with E-state index in [0.717, 1.165) is 12.5 Å². The van der Waals surface area contributed by atoms with Crippen LogP contribution in [-0.4, -0.2) is 18.5 Å². The minimum atomic E-state index is -0.772. The predicted molar refractivity (Wildman–Crippen MR) is 86.1 cm³/mol. The summed E-state index contributed by atoms with van der Waals surface area (Å²) >= 11 is 0. The Morgan fingerprint density at radius 2 is 1.92 bits per heavy atom. The molecule has 122 valence electrons. The van der Waals surface area contributed by atoms with Crippen LogP contribution in [0.5, 0.6) is 0 Å². The van der Waals surface area contributed by atoms with Crippen LogP contribution in [0.2, 0.25) is 0 Å². The third-order valence-corrected chi connectivity index (χ3v) is 3.16. The Kier molecular flexibility index (Phi) is 5.63. The summed E-state index contributed by atoms with van der Waals surface area (Å²) in [5.41, 5.74) is 0.751. The van der Waals surface area contributed by atoms with E-state index < -0.39 is 17.7 Å². The normalized spacial score (nSPS) is 9.88. The smallest absolute Gasteiger partial charge is 0.338 e. The van der Waals surface area contributed by atoms with E-state index in [0.29, 0.717) is 17.9 Å². The van der Waals surface area contributed by atoms with Crippen LogP contribution in [-0.2, 0) is 4.74 Å². The van der Waals surface area contributed by atoms with Crippen molar-refractivity contribution in [3.63, 3.8) is 0 Å². The molecule has 0 saturated heterocycles. The van der Waals surface area contributed by atoms with Crippen LogP contribution in [0.15, 0.2) is 42.5 Å². The quantitative estimate of drug-likeness (QED) is 0.853. The second-order valence-electron chi connectivity index (χ2n) is 4.97. The number of ether oxygens (including phenoxy) is 1. The molecule has 2 aromatic rings. The molecule has 0 spiro atoms. The van der Waals surface area contributed by atoms with E-state index in [1.165, 1.54) is 36.4 Å². The Balaban J connectivity index is 2.07. The first-order valence-corrected chi connectivity index (χ1v) is 7.33. The maximum Gasteiger partial charge on any atom is 0.338 e. The summed E-state index contributed by atoms with van der Waals surface area (Å²) in [5.74, 6) is -1.85. The van der Waals surface area contributed by atoms with Gasteiger partial charge in [-0.15, -0.1) is 0 Å². The first-order valence-electron chi connectivity index (χ1n) is 7.33. The maximum absolute atomic E-state index is 13.8. The van der Waals surface area contributed by atoms with Crippen LogP contribution in [0.25, 0.3) is 0 Å². The lowest BCUT2D eigenvalue weighted by atomic mass is 10.1. The van der Waals surface area contributed by atoms with Crippen molar-refractivity contribution < 1.29 is 18.7 Å². The van der Waals surface area contributed by atoms with E-state index in [-0.39, 0.29) is 11.1 Å². The second-order valence-corrected chi connectivity index (χ2v) is 4.97. The van der Waals surface area contributed by atoms with Gasteiger partial charge in [0.05, 0.1) is 29.4 Å². The molecule has 0 aliphatic rings. The number of nitriles is 1. The van der Waals surface area contributed by atoms with Crippen molar-refractivity contribution in [3.05, 3.63) is 65.0 Å². The monoisotopic (exact) mass is 326 g/mol. The summed E-state index contributed by atoms with van der Waals surface area (Å²) in [6.07, 6.45) is 0.732. The summed E-state index contributed by atoms with van der Waals surface area (Å²) in [6.45, 7) is 2.24. The van der Waals surface area contributed by atoms with Gasteiger partial charge in [-0.2, -0.15) is 5.26 Å². The van der Waals surface area contributed by atoms with Crippen molar-refractivity contribution in [3.8, 4) is 6.07 Å². The minimum Gasteiger partial charge on any atom is -0.462 e. The number of carbonyl (C=O) groups is 2. The molecule has 6 heteroatoms. The topological polar surface area (TPSA) is 79.2 Å². The van der Waals surface area contributed by atoms with Gasteiger partial charge < -0.3 is 10.1 Å². The van der Waals surface area contributed by atoms with Crippen LogP contribution >= 0.6 is 0 Å². The summed E-state index contributed by atoms with van der Waals surface area (Å²) in [6, 6.07) is 11.5. The number of rotatable bonds is 5. The Hall–Kier alpha value is -3.20. The Labute approximate surface area is 138 Å². The average molecular weight is 326 g/mol. The Bertz CT molecular complexity index is 795. The third-order valence-electron chi connectivity index (χ3n) is 3.16. The van der Waals surface area contributed by atoms with Crippen LogP contribution in [0, 0.1) is 17.1 Å².